The number of aromatic carboxylic acids is 1. The molecule has 0 saturated heterocycles. The molecule has 1 aromatic rings. The van der Waals surface area contributed by atoms with Crippen molar-refractivity contribution >= 4 is 17.3 Å². The molecule has 0 heterocycles. The van der Waals surface area contributed by atoms with Crippen LogP contribution in [0.25, 0.3) is 0 Å². The van der Waals surface area contributed by atoms with Crippen molar-refractivity contribution in [3.8, 4) is 0 Å². The molecule has 1 aliphatic carbocycles. The average molecular weight is 282 g/mol. The molecular formula is C14H19FN2O3. The molecule has 1 saturated carbocycles. The number of carboxylic acids is 1. The minimum Gasteiger partial charge on any atom is -0.478 e. The van der Waals surface area contributed by atoms with Crippen LogP contribution >= 0.6 is 0 Å². The van der Waals surface area contributed by atoms with Crippen molar-refractivity contribution in [3.05, 3.63) is 23.5 Å². The number of anilines is 2. The van der Waals surface area contributed by atoms with Gasteiger partial charge < -0.3 is 20.9 Å². The van der Waals surface area contributed by atoms with Crippen molar-refractivity contribution in [1.82, 2.24) is 0 Å². The van der Waals surface area contributed by atoms with Crippen molar-refractivity contribution in [2.45, 2.75) is 32.4 Å². The number of carbonyl (C=O) groups is 1. The molecule has 4 N–H and O–H groups in total. The number of ether oxygens (including phenoxy) is 1. The van der Waals surface area contributed by atoms with Gasteiger partial charge in [0.1, 0.15) is 5.82 Å². The molecule has 2 rings (SSSR count). The Morgan fingerprint density at radius 2 is 2.20 bits per heavy atom. The van der Waals surface area contributed by atoms with Crippen LogP contribution in [0.3, 0.4) is 0 Å². The lowest BCUT2D eigenvalue weighted by molar-refractivity contribution is -0.0794. The Bertz CT molecular complexity index is 545. The van der Waals surface area contributed by atoms with Crippen LogP contribution in [0, 0.1) is 11.2 Å². The molecule has 2 unspecified atom stereocenters. The molecule has 1 aliphatic rings. The number of hydrogen-bond donors (Lipinski definition) is 3. The molecule has 6 heteroatoms. The largest absolute Gasteiger partial charge is 0.478 e. The zero-order valence-corrected chi connectivity index (χ0v) is 11.7. The highest BCUT2D eigenvalue weighted by molar-refractivity contribution is 5.90. The topological polar surface area (TPSA) is 84.6 Å². The van der Waals surface area contributed by atoms with E-state index in [9.17, 15) is 9.18 Å². The Balaban J connectivity index is 2.20. The maximum absolute atomic E-state index is 13.7. The predicted octanol–water partition coefficient (Wildman–Crippen LogP) is 2.33. The molecule has 0 aliphatic heterocycles. The third kappa shape index (κ3) is 2.31. The molecule has 0 amide bonds. The van der Waals surface area contributed by atoms with Gasteiger partial charge in [0.05, 0.1) is 23.0 Å². The van der Waals surface area contributed by atoms with Crippen LogP contribution in [-0.4, -0.2) is 30.3 Å². The Morgan fingerprint density at radius 1 is 1.55 bits per heavy atom. The van der Waals surface area contributed by atoms with E-state index < -0.39 is 17.3 Å². The molecule has 110 valence electrons. The summed E-state index contributed by atoms with van der Waals surface area (Å²) < 4.78 is 19.0. The first-order chi connectivity index (χ1) is 9.27. The van der Waals surface area contributed by atoms with Crippen LogP contribution in [-0.2, 0) is 4.74 Å². The fraction of sp³-hybridized carbons (Fsp3) is 0.500. The van der Waals surface area contributed by atoms with E-state index in [1.807, 2.05) is 0 Å². The maximum atomic E-state index is 13.7. The summed E-state index contributed by atoms with van der Waals surface area (Å²) in [6, 6.07) is 2.37. The number of nitrogens with one attached hydrogen (secondary N) is 1. The number of nitrogen functional groups attached to an aromatic ring is 1. The Morgan fingerprint density at radius 3 is 2.70 bits per heavy atom. The number of rotatable bonds is 4. The minimum absolute atomic E-state index is 0.0941. The highest BCUT2D eigenvalue weighted by Crippen LogP contribution is 2.44. The fourth-order valence-electron chi connectivity index (χ4n) is 2.60. The number of nitrogens with two attached hydrogens (primary N) is 1. The Hall–Kier alpha value is -1.82. The van der Waals surface area contributed by atoms with Crippen LogP contribution < -0.4 is 11.1 Å². The summed E-state index contributed by atoms with van der Waals surface area (Å²) in [5.74, 6) is -2.13. The predicted molar refractivity (Wildman–Crippen MR) is 74.4 cm³/mol. The van der Waals surface area contributed by atoms with Crippen molar-refractivity contribution in [3.63, 3.8) is 0 Å². The normalized spacial score (nSPS) is 24.0. The van der Waals surface area contributed by atoms with Crippen LogP contribution in [0.15, 0.2) is 12.1 Å². The molecule has 0 aromatic heterocycles. The van der Waals surface area contributed by atoms with Crippen LogP contribution in [0.1, 0.15) is 30.6 Å². The number of benzene rings is 1. The minimum atomic E-state index is -1.33. The van der Waals surface area contributed by atoms with Gasteiger partial charge in [-0.15, -0.1) is 0 Å². The van der Waals surface area contributed by atoms with Gasteiger partial charge in [0, 0.05) is 18.6 Å². The summed E-state index contributed by atoms with van der Waals surface area (Å²) in [7, 11) is 1.66. The van der Waals surface area contributed by atoms with E-state index >= 15 is 0 Å². The first kappa shape index (κ1) is 14.6. The summed E-state index contributed by atoms with van der Waals surface area (Å²) in [4.78, 5) is 10.8. The second kappa shape index (κ2) is 4.94. The lowest BCUT2D eigenvalue weighted by Gasteiger charge is -2.51. The second-order valence-electron chi connectivity index (χ2n) is 5.70. The monoisotopic (exact) mass is 282 g/mol. The average Bonchev–Trinajstić information content (AvgIpc) is 2.36. The van der Waals surface area contributed by atoms with Crippen molar-refractivity contribution in [2.24, 2.45) is 5.41 Å². The number of methoxy groups -OCH3 is 1. The Labute approximate surface area is 116 Å². The van der Waals surface area contributed by atoms with Gasteiger partial charge in [0.2, 0.25) is 0 Å². The van der Waals surface area contributed by atoms with Gasteiger partial charge in [0.15, 0.2) is 0 Å². The van der Waals surface area contributed by atoms with Crippen LogP contribution in [0.5, 0.6) is 0 Å². The van der Waals surface area contributed by atoms with E-state index in [0.717, 1.165) is 18.6 Å². The first-order valence-corrected chi connectivity index (χ1v) is 6.39. The van der Waals surface area contributed by atoms with E-state index in [0.29, 0.717) is 5.69 Å². The van der Waals surface area contributed by atoms with E-state index in [-0.39, 0.29) is 23.2 Å². The highest BCUT2D eigenvalue weighted by Gasteiger charge is 2.48. The number of carboxylic acid groups (broad SMARTS) is 1. The number of halogens is 1. The first-order valence-electron chi connectivity index (χ1n) is 6.39. The maximum Gasteiger partial charge on any atom is 0.338 e. The van der Waals surface area contributed by atoms with Gasteiger partial charge in [-0.05, 0) is 18.6 Å². The molecule has 0 spiro atoms. The quantitative estimate of drug-likeness (QED) is 0.738. The van der Waals surface area contributed by atoms with E-state index in [1.54, 1.807) is 7.11 Å². The van der Waals surface area contributed by atoms with E-state index in [2.05, 4.69) is 19.2 Å². The standard InChI is InChI=1S/C14H19FN2O3/c1-14(2)11(6-12(14)20-3)17-10-5-8(15)7(13(18)19)4-9(10)16/h4-5,11-12,17H,6,16H2,1-3H3,(H,18,19). The van der Waals surface area contributed by atoms with Gasteiger partial charge >= 0.3 is 5.97 Å². The smallest absolute Gasteiger partial charge is 0.338 e. The third-order valence-corrected chi connectivity index (χ3v) is 4.16. The van der Waals surface area contributed by atoms with Crippen molar-refractivity contribution in [2.75, 3.05) is 18.2 Å². The van der Waals surface area contributed by atoms with Gasteiger partial charge in [-0.2, -0.15) is 0 Å². The third-order valence-electron chi connectivity index (χ3n) is 4.16. The van der Waals surface area contributed by atoms with Gasteiger partial charge in [-0.3, -0.25) is 0 Å². The molecule has 0 radical (unpaired) electrons. The zero-order chi connectivity index (χ0) is 15.1. The zero-order valence-electron chi connectivity index (χ0n) is 11.7. The van der Waals surface area contributed by atoms with Gasteiger partial charge in [-0.25, -0.2) is 9.18 Å². The summed E-state index contributed by atoms with van der Waals surface area (Å²) in [5.41, 5.74) is 5.91. The van der Waals surface area contributed by atoms with E-state index in [1.165, 1.54) is 0 Å². The molecule has 0 bridgehead atoms. The fourth-order valence-corrected chi connectivity index (χ4v) is 2.60. The molecular weight excluding hydrogens is 263 g/mol. The Kier molecular flexibility index (Phi) is 3.60. The summed E-state index contributed by atoms with van der Waals surface area (Å²) in [6.07, 6.45) is 0.940. The molecule has 2 atom stereocenters. The van der Waals surface area contributed by atoms with Crippen molar-refractivity contribution < 1.29 is 19.0 Å². The molecule has 1 aromatic carbocycles. The molecule has 1 fully saturated rings. The SMILES string of the molecule is COC1CC(Nc2cc(F)c(C(=O)O)cc2N)C1(C)C. The summed E-state index contributed by atoms with van der Waals surface area (Å²) in [6.45, 7) is 4.11. The van der Waals surface area contributed by atoms with Crippen molar-refractivity contribution in [1.29, 1.82) is 0 Å². The summed E-state index contributed by atoms with van der Waals surface area (Å²) in [5, 5.41) is 12.0. The van der Waals surface area contributed by atoms with Crippen LogP contribution in [0.2, 0.25) is 0 Å². The second-order valence-corrected chi connectivity index (χ2v) is 5.70. The lowest BCUT2D eigenvalue weighted by Crippen LogP contribution is -2.57. The van der Waals surface area contributed by atoms with E-state index in [4.69, 9.17) is 15.6 Å². The molecule has 20 heavy (non-hydrogen) atoms. The summed E-state index contributed by atoms with van der Waals surface area (Å²) >= 11 is 0. The lowest BCUT2D eigenvalue weighted by atomic mass is 9.64. The van der Waals surface area contributed by atoms with Crippen LogP contribution in [0.4, 0.5) is 15.8 Å². The number of hydrogen-bond acceptors (Lipinski definition) is 4. The molecule has 5 nitrogen and oxygen atoms in total. The van der Waals surface area contributed by atoms with Gasteiger partial charge in [-0.1, -0.05) is 13.8 Å². The highest BCUT2D eigenvalue weighted by atomic mass is 19.1. The van der Waals surface area contributed by atoms with Gasteiger partial charge in [0.25, 0.3) is 0 Å².